The molecule has 0 saturated heterocycles. The number of hydrogen-bond donors (Lipinski definition) is 1. The molecule has 1 fully saturated rings. The van der Waals surface area contributed by atoms with Crippen molar-refractivity contribution in [3.63, 3.8) is 0 Å². The molecule has 1 aliphatic rings. The Balaban J connectivity index is 1.87. The van der Waals surface area contributed by atoms with E-state index in [-0.39, 0.29) is 11.9 Å². The first-order valence-electron chi connectivity index (χ1n) is 5.71. The number of hydrogen-bond acceptors (Lipinski definition) is 2. The molecule has 0 aliphatic heterocycles. The van der Waals surface area contributed by atoms with Gasteiger partial charge in [-0.2, -0.15) is 0 Å². The molecule has 0 aromatic heterocycles. The summed E-state index contributed by atoms with van der Waals surface area (Å²) in [6.07, 6.45) is 2.15. The van der Waals surface area contributed by atoms with Gasteiger partial charge in [0.05, 0.1) is 6.10 Å². The summed E-state index contributed by atoms with van der Waals surface area (Å²) in [7, 11) is 1.71. The van der Waals surface area contributed by atoms with Gasteiger partial charge < -0.3 is 10.1 Å². The van der Waals surface area contributed by atoms with Gasteiger partial charge in [-0.3, -0.25) is 4.79 Å². The third-order valence-electron chi connectivity index (χ3n) is 3.13. The Morgan fingerprint density at radius 3 is 2.59 bits per heavy atom. The average Bonchev–Trinajstić information content (AvgIpc) is 2.33. The molecule has 1 aromatic carbocycles. The van der Waals surface area contributed by atoms with Crippen molar-refractivity contribution in [3.8, 4) is 0 Å². The van der Waals surface area contributed by atoms with E-state index < -0.39 is 0 Å². The van der Waals surface area contributed by atoms with Gasteiger partial charge in [0.15, 0.2) is 0 Å². The number of carbonyl (C=O) groups excluding carboxylic acids is 1. The minimum atomic E-state index is 0.00526. The summed E-state index contributed by atoms with van der Waals surface area (Å²) in [5.41, 5.74) is 1.89. The third kappa shape index (κ3) is 3.07. The number of amides is 1. The van der Waals surface area contributed by atoms with Crippen LogP contribution in [0.4, 0.5) is 0 Å². The van der Waals surface area contributed by atoms with E-state index in [0.29, 0.717) is 6.10 Å². The second-order valence-electron chi connectivity index (χ2n) is 4.33. The Morgan fingerprint density at radius 1 is 1.41 bits per heavy atom. The predicted molar refractivity (Wildman–Crippen MR) is 70.4 cm³/mol. The molecule has 0 spiro atoms. The van der Waals surface area contributed by atoms with E-state index in [1.54, 1.807) is 7.11 Å². The zero-order chi connectivity index (χ0) is 12.3. The van der Waals surface area contributed by atoms with Gasteiger partial charge in [0.2, 0.25) is 0 Å². The fourth-order valence-electron chi connectivity index (χ4n) is 1.89. The van der Waals surface area contributed by atoms with E-state index >= 15 is 0 Å². The highest BCUT2D eigenvalue weighted by atomic mass is 79.9. The lowest BCUT2D eigenvalue weighted by atomic mass is 9.89. The normalized spacial score (nSPS) is 22.9. The number of ether oxygens (including phenoxy) is 1. The van der Waals surface area contributed by atoms with Gasteiger partial charge in [0.25, 0.3) is 5.91 Å². The Kier molecular flexibility index (Phi) is 4.18. The molecular formula is C13H16BrNO2. The maximum atomic E-state index is 11.9. The standard InChI is InChI=1S/C13H16BrNO2/c1-17-12-6-11(7-12)15-13(16)10-4-2-9(8-14)3-5-10/h2-5,11-12H,6-8H2,1H3,(H,15,16). The Morgan fingerprint density at radius 2 is 2.06 bits per heavy atom. The van der Waals surface area contributed by atoms with Crippen LogP contribution in [0.5, 0.6) is 0 Å². The third-order valence-corrected chi connectivity index (χ3v) is 3.78. The van der Waals surface area contributed by atoms with E-state index in [1.807, 2.05) is 24.3 Å². The quantitative estimate of drug-likeness (QED) is 0.867. The first-order chi connectivity index (χ1) is 8.22. The number of nitrogens with one attached hydrogen (secondary N) is 1. The van der Waals surface area contributed by atoms with Crippen LogP contribution in [0.1, 0.15) is 28.8 Å². The van der Waals surface area contributed by atoms with Crippen LogP contribution in [0.25, 0.3) is 0 Å². The van der Waals surface area contributed by atoms with Crippen molar-refractivity contribution in [2.45, 2.75) is 30.3 Å². The van der Waals surface area contributed by atoms with Gasteiger partial charge in [-0.25, -0.2) is 0 Å². The van der Waals surface area contributed by atoms with Crippen molar-refractivity contribution < 1.29 is 9.53 Å². The second kappa shape index (κ2) is 5.65. The molecule has 0 radical (unpaired) electrons. The zero-order valence-electron chi connectivity index (χ0n) is 9.78. The van der Waals surface area contributed by atoms with Crippen LogP contribution >= 0.6 is 15.9 Å². The molecule has 1 N–H and O–H groups in total. The number of halogens is 1. The van der Waals surface area contributed by atoms with Gasteiger partial charge in [-0.05, 0) is 30.5 Å². The minimum Gasteiger partial charge on any atom is -0.381 e. The predicted octanol–water partition coefficient (Wildman–Crippen LogP) is 2.49. The van der Waals surface area contributed by atoms with E-state index in [4.69, 9.17) is 4.74 Å². The van der Waals surface area contributed by atoms with Gasteiger partial charge >= 0.3 is 0 Å². The SMILES string of the molecule is COC1CC(NC(=O)c2ccc(CBr)cc2)C1. The van der Waals surface area contributed by atoms with Crippen LogP contribution in [0.15, 0.2) is 24.3 Å². The smallest absolute Gasteiger partial charge is 0.251 e. The lowest BCUT2D eigenvalue weighted by Gasteiger charge is -2.34. The topological polar surface area (TPSA) is 38.3 Å². The molecule has 17 heavy (non-hydrogen) atoms. The molecule has 1 aliphatic carbocycles. The van der Waals surface area contributed by atoms with Crippen molar-refractivity contribution in [1.29, 1.82) is 0 Å². The molecule has 1 amide bonds. The van der Waals surface area contributed by atoms with Crippen molar-refractivity contribution in [2.75, 3.05) is 7.11 Å². The van der Waals surface area contributed by atoms with E-state index in [0.717, 1.165) is 23.7 Å². The van der Waals surface area contributed by atoms with Crippen LogP contribution < -0.4 is 5.32 Å². The van der Waals surface area contributed by atoms with Gasteiger partial charge in [0, 0.05) is 24.0 Å². The minimum absolute atomic E-state index is 0.00526. The van der Waals surface area contributed by atoms with E-state index in [1.165, 1.54) is 5.56 Å². The van der Waals surface area contributed by atoms with Crippen LogP contribution in [0.3, 0.4) is 0 Å². The lowest BCUT2D eigenvalue weighted by Crippen LogP contribution is -2.47. The molecule has 3 nitrogen and oxygen atoms in total. The molecule has 4 heteroatoms. The highest BCUT2D eigenvalue weighted by Gasteiger charge is 2.30. The molecule has 1 aromatic rings. The molecule has 0 unspecified atom stereocenters. The Bertz CT molecular complexity index is 385. The summed E-state index contributed by atoms with van der Waals surface area (Å²) in [5, 5.41) is 3.82. The van der Waals surface area contributed by atoms with Crippen molar-refractivity contribution >= 4 is 21.8 Å². The van der Waals surface area contributed by atoms with Gasteiger partial charge in [-0.1, -0.05) is 28.1 Å². The highest BCUT2D eigenvalue weighted by Crippen LogP contribution is 2.22. The summed E-state index contributed by atoms with van der Waals surface area (Å²) in [5.74, 6) is 0.00526. The first kappa shape index (κ1) is 12.6. The largest absolute Gasteiger partial charge is 0.381 e. The number of carbonyl (C=O) groups is 1. The highest BCUT2D eigenvalue weighted by molar-refractivity contribution is 9.08. The fourth-order valence-corrected chi connectivity index (χ4v) is 2.26. The number of methoxy groups -OCH3 is 1. The molecular weight excluding hydrogens is 282 g/mol. The second-order valence-corrected chi connectivity index (χ2v) is 4.89. The maximum absolute atomic E-state index is 11.9. The first-order valence-corrected chi connectivity index (χ1v) is 6.83. The monoisotopic (exact) mass is 297 g/mol. The number of alkyl halides is 1. The Labute approximate surface area is 110 Å². The van der Waals surface area contributed by atoms with Crippen LogP contribution in [0.2, 0.25) is 0 Å². The molecule has 2 rings (SSSR count). The molecule has 0 bridgehead atoms. The molecule has 0 heterocycles. The number of rotatable bonds is 4. The Hall–Kier alpha value is -0.870. The summed E-state index contributed by atoms with van der Waals surface area (Å²) in [4.78, 5) is 11.9. The zero-order valence-corrected chi connectivity index (χ0v) is 11.4. The van der Waals surface area contributed by atoms with Crippen LogP contribution in [-0.4, -0.2) is 25.2 Å². The average molecular weight is 298 g/mol. The van der Waals surface area contributed by atoms with Crippen LogP contribution in [-0.2, 0) is 10.1 Å². The summed E-state index contributed by atoms with van der Waals surface area (Å²) in [6, 6.07) is 7.91. The van der Waals surface area contributed by atoms with Crippen LogP contribution in [0, 0.1) is 0 Å². The fraction of sp³-hybridized carbons (Fsp3) is 0.462. The summed E-state index contributed by atoms with van der Waals surface area (Å²) >= 11 is 3.38. The molecule has 0 atom stereocenters. The van der Waals surface area contributed by atoms with Crippen molar-refractivity contribution in [3.05, 3.63) is 35.4 Å². The van der Waals surface area contributed by atoms with E-state index in [2.05, 4.69) is 21.2 Å². The van der Waals surface area contributed by atoms with Gasteiger partial charge in [0.1, 0.15) is 0 Å². The van der Waals surface area contributed by atoms with Crippen molar-refractivity contribution in [1.82, 2.24) is 5.32 Å². The summed E-state index contributed by atoms with van der Waals surface area (Å²) in [6.45, 7) is 0. The lowest BCUT2D eigenvalue weighted by molar-refractivity contribution is 0.0176. The van der Waals surface area contributed by atoms with E-state index in [9.17, 15) is 4.79 Å². The molecule has 92 valence electrons. The molecule has 1 saturated carbocycles. The number of benzene rings is 1. The van der Waals surface area contributed by atoms with Gasteiger partial charge in [-0.15, -0.1) is 0 Å². The maximum Gasteiger partial charge on any atom is 0.251 e. The summed E-state index contributed by atoms with van der Waals surface area (Å²) < 4.78 is 5.18. The van der Waals surface area contributed by atoms with Crippen molar-refractivity contribution in [2.24, 2.45) is 0 Å².